The van der Waals surface area contributed by atoms with Crippen molar-refractivity contribution in [3.8, 4) is 17.2 Å². The van der Waals surface area contributed by atoms with Crippen LogP contribution in [0.15, 0.2) is 36.4 Å². The Hall–Kier alpha value is -2.76. The SMILES string of the molecule is CCc1ccc(Oc2ccc([N+](=O)[O-])cc2N)c(OC)c1. The lowest BCUT2D eigenvalue weighted by Gasteiger charge is -2.12. The first kappa shape index (κ1) is 14.6. The minimum absolute atomic E-state index is 0.0758. The molecule has 0 saturated carbocycles. The minimum Gasteiger partial charge on any atom is -0.493 e. The average Bonchev–Trinajstić information content (AvgIpc) is 2.49. The molecule has 0 atom stereocenters. The molecule has 0 fully saturated rings. The number of methoxy groups -OCH3 is 1. The number of nitro benzene ring substituents is 1. The van der Waals surface area contributed by atoms with Crippen LogP contribution in [0.1, 0.15) is 12.5 Å². The Morgan fingerprint density at radius 1 is 1.14 bits per heavy atom. The van der Waals surface area contributed by atoms with Gasteiger partial charge in [0.2, 0.25) is 0 Å². The van der Waals surface area contributed by atoms with Gasteiger partial charge in [-0.15, -0.1) is 0 Å². The number of anilines is 1. The highest BCUT2D eigenvalue weighted by molar-refractivity contribution is 5.60. The van der Waals surface area contributed by atoms with Gasteiger partial charge in [0.25, 0.3) is 5.69 Å². The molecule has 0 aliphatic rings. The zero-order chi connectivity index (χ0) is 15.4. The van der Waals surface area contributed by atoms with Crippen LogP contribution in [0.4, 0.5) is 11.4 Å². The molecule has 0 spiro atoms. The molecule has 2 N–H and O–H groups in total. The van der Waals surface area contributed by atoms with E-state index < -0.39 is 4.92 Å². The summed E-state index contributed by atoms with van der Waals surface area (Å²) in [7, 11) is 1.56. The standard InChI is InChI=1S/C15H16N2O4/c1-3-10-4-6-14(15(8-10)20-2)21-13-7-5-11(17(18)19)9-12(13)16/h4-9H,3,16H2,1-2H3. The van der Waals surface area contributed by atoms with Gasteiger partial charge in [-0.2, -0.15) is 0 Å². The van der Waals surface area contributed by atoms with Crippen molar-refractivity contribution in [2.45, 2.75) is 13.3 Å². The van der Waals surface area contributed by atoms with Crippen LogP contribution in [0.2, 0.25) is 0 Å². The van der Waals surface area contributed by atoms with Crippen LogP contribution < -0.4 is 15.2 Å². The Morgan fingerprint density at radius 2 is 1.86 bits per heavy atom. The molecular weight excluding hydrogens is 272 g/mol. The maximum Gasteiger partial charge on any atom is 0.271 e. The van der Waals surface area contributed by atoms with Crippen molar-refractivity contribution in [1.29, 1.82) is 0 Å². The third kappa shape index (κ3) is 3.22. The number of nitrogens with zero attached hydrogens (tertiary/aromatic N) is 1. The second-order valence-electron chi connectivity index (χ2n) is 4.42. The summed E-state index contributed by atoms with van der Waals surface area (Å²) in [5, 5.41) is 10.7. The van der Waals surface area contributed by atoms with Crippen LogP contribution in [0.3, 0.4) is 0 Å². The molecule has 0 heterocycles. The van der Waals surface area contributed by atoms with Crippen molar-refractivity contribution in [2.75, 3.05) is 12.8 Å². The van der Waals surface area contributed by atoms with Gasteiger partial charge >= 0.3 is 0 Å². The van der Waals surface area contributed by atoms with Gasteiger partial charge in [0, 0.05) is 12.1 Å². The van der Waals surface area contributed by atoms with Crippen LogP contribution in [-0.2, 0) is 6.42 Å². The summed E-state index contributed by atoms with van der Waals surface area (Å²) in [5.41, 5.74) is 7.03. The fourth-order valence-corrected chi connectivity index (χ4v) is 1.88. The lowest BCUT2D eigenvalue weighted by molar-refractivity contribution is -0.384. The molecule has 21 heavy (non-hydrogen) atoms. The summed E-state index contributed by atoms with van der Waals surface area (Å²) in [6.45, 7) is 2.05. The van der Waals surface area contributed by atoms with Crippen LogP contribution in [0.25, 0.3) is 0 Å². The van der Waals surface area contributed by atoms with Crippen LogP contribution >= 0.6 is 0 Å². The zero-order valence-corrected chi connectivity index (χ0v) is 11.8. The highest BCUT2D eigenvalue weighted by atomic mass is 16.6. The van der Waals surface area contributed by atoms with E-state index in [1.54, 1.807) is 13.2 Å². The van der Waals surface area contributed by atoms with Crippen molar-refractivity contribution < 1.29 is 14.4 Å². The number of nitrogens with two attached hydrogens (primary N) is 1. The summed E-state index contributed by atoms with van der Waals surface area (Å²) >= 11 is 0. The molecule has 2 rings (SSSR count). The first-order valence-corrected chi connectivity index (χ1v) is 6.43. The normalized spacial score (nSPS) is 10.2. The van der Waals surface area contributed by atoms with E-state index in [-0.39, 0.29) is 11.4 Å². The molecule has 2 aromatic rings. The fourth-order valence-electron chi connectivity index (χ4n) is 1.88. The van der Waals surface area contributed by atoms with Crippen LogP contribution in [0, 0.1) is 10.1 Å². The lowest BCUT2D eigenvalue weighted by Crippen LogP contribution is -1.97. The third-order valence-electron chi connectivity index (χ3n) is 3.06. The number of non-ortho nitro benzene ring substituents is 1. The molecular formula is C15H16N2O4. The number of benzene rings is 2. The van der Waals surface area contributed by atoms with Crippen molar-refractivity contribution in [3.63, 3.8) is 0 Å². The summed E-state index contributed by atoms with van der Waals surface area (Å²) < 4.78 is 11.0. The molecule has 0 aliphatic carbocycles. The summed E-state index contributed by atoms with van der Waals surface area (Å²) in [6, 6.07) is 9.69. The monoisotopic (exact) mass is 288 g/mol. The maximum atomic E-state index is 10.7. The largest absolute Gasteiger partial charge is 0.493 e. The molecule has 0 radical (unpaired) electrons. The Bertz CT molecular complexity index is 671. The highest BCUT2D eigenvalue weighted by Crippen LogP contribution is 2.36. The summed E-state index contributed by atoms with van der Waals surface area (Å²) in [4.78, 5) is 10.2. The predicted molar refractivity (Wildman–Crippen MR) is 80.0 cm³/mol. The van der Waals surface area contributed by atoms with Gasteiger partial charge in [-0.1, -0.05) is 13.0 Å². The lowest BCUT2D eigenvalue weighted by atomic mass is 10.1. The maximum absolute atomic E-state index is 10.7. The number of rotatable bonds is 5. The van der Waals surface area contributed by atoms with Crippen molar-refractivity contribution in [1.82, 2.24) is 0 Å². The predicted octanol–water partition coefficient (Wildman–Crippen LogP) is 3.54. The first-order chi connectivity index (χ1) is 10.0. The number of ether oxygens (including phenoxy) is 2. The second kappa shape index (κ2) is 6.13. The van der Waals surface area contributed by atoms with Gasteiger partial charge in [-0.3, -0.25) is 10.1 Å². The van der Waals surface area contributed by atoms with Gasteiger partial charge < -0.3 is 15.2 Å². The highest BCUT2D eigenvalue weighted by Gasteiger charge is 2.12. The summed E-state index contributed by atoms with van der Waals surface area (Å²) in [6.07, 6.45) is 0.885. The van der Waals surface area contributed by atoms with Crippen LogP contribution in [0.5, 0.6) is 17.2 Å². The fraction of sp³-hybridized carbons (Fsp3) is 0.200. The Morgan fingerprint density at radius 3 is 2.43 bits per heavy atom. The molecule has 2 aromatic carbocycles. The van der Waals surface area contributed by atoms with Gasteiger partial charge in [-0.05, 0) is 30.2 Å². The van der Waals surface area contributed by atoms with Gasteiger partial charge in [0.05, 0.1) is 17.7 Å². The minimum atomic E-state index is -0.503. The third-order valence-corrected chi connectivity index (χ3v) is 3.06. The molecule has 0 bridgehead atoms. The molecule has 6 nitrogen and oxygen atoms in total. The van der Waals surface area contributed by atoms with Crippen LogP contribution in [-0.4, -0.2) is 12.0 Å². The molecule has 0 saturated heterocycles. The smallest absolute Gasteiger partial charge is 0.271 e. The number of aryl methyl sites for hydroxylation is 1. The van der Waals surface area contributed by atoms with E-state index in [9.17, 15) is 10.1 Å². The Kier molecular flexibility index (Phi) is 4.27. The molecule has 0 aromatic heterocycles. The molecule has 0 aliphatic heterocycles. The van der Waals surface area contributed by atoms with Crippen molar-refractivity contribution in [3.05, 3.63) is 52.1 Å². The quantitative estimate of drug-likeness (QED) is 0.516. The molecule has 0 unspecified atom stereocenters. The topological polar surface area (TPSA) is 87.6 Å². The molecule has 0 amide bonds. The Labute approximate surface area is 122 Å². The second-order valence-corrected chi connectivity index (χ2v) is 4.42. The van der Waals surface area contributed by atoms with Crippen molar-refractivity contribution in [2.24, 2.45) is 0 Å². The number of nitro groups is 1. The van der Waals surface area contributed by atoms with E-state index in [1.807, 2.05) is 19.1 Å². The van der Waals surface area contributed by atoms with E-state index in [0.29, 0.717) is 17.2 Å². The van der Waals surface area contributed by atoms with E-state index in [0.717, 1.165) is 12.0 Å². The van der Waals surface area contributed by atoms with Gasteiger partial charge in [0.15, 0.2) is 17.2 Å². The molecule has 110 valence electrons. The Balaban J connectivity index is 2.32. The van der Waals surface area contributed by atoms with Gasteiger partial charge in [0.1, 0.15) is 0 Å². The van der Waals surface area contributed by atoms with E-state index >= 15 is 0 Å². The van der Waals surface area contributed by atoms with E-state index in [2.05, 4.69) is 0 Å². The number of hydrogen-bond acceptors (Lipinski definition) is 5. The zero-order valence-electron chi connectivity index (χ0n) is 11.8. The summed E-state index contributed by atoms with van der Waals surface area (Å²) in [5.74, 6) is 1.45. The van der Waals surface area contributed by atoms with E-state index in [1.165, 1.54) is 18.2 Å². The number of hydrogen-bond donors (Lipinski definition) is 1. The van der Waals surface area contributed by atoms with Crippen molar-refractivity contribution >= 4 is 11.4 Å². The average molecular weight is 288 g/mol. The first-order valence-electron chi connectivity index (χ1n) is 6.43. The van der Waals surface area contributed by atoms with E-state index in [4.69, 9.17) is 15.2 Å². The molecule has 6 heteroatoms. The number of nitrogen functional groups attached to an aromatic ring is 1. The van der Waals surface area contributed by atoms with Gasteiger partial charge in [-0.25, -0.2) is 0 Å².